The van der Waals surface area contributed by atoms with Gasteiger partial charge in [0.25, 0.3) is 0 Å². The second-order valence-corrected chi connectivity index (χ2v) is 4.87. The van der Waals surface area contributed by atoms with Crippen molar-refractivity contribution in [3.05, 3.63) is 29.0 Å². The Hall–Kier alpha value is -0.760. The van der Waals surface area contributed by atoms with E-state index in [4.69, 9.17) is 11.6 Å². The predicted octanol–water partition coefficient (Wildman–Crippen LogP) is 4.61. The number of hydrogen-bond donors (Lipinski definition) is 1. The fourth-order valence-corrected chi connectivity index (χ4v) is 2.43. The van der Waals surface area contributed by atoms with Crippen molar-refractivity contribution in [1.82, 2.24) is 0 Å². The summed E-state index contributed by atoms with van der Waals surface area (Å²) in [6.45, 7) is 0. The lowest BCUT2D eigenvalue weighted by Gasteiger charge is -2.17. The summed E-state index contributed by atoms with van der Waals surface area (Å²) >= 11 is 5.75. The molecule has 1 aromatic carbocycles. The molecule has 1 N–H and O–H groups in total. The lowest BCUT2D eigenvalue weighted by molar-refractivity contribution is 0.616. The fraction of sp³-hybridized carbons (Fsp3) is 0.538. The van der Waals surface area contributed by atoms with Gasteiger partial charge in [0.1, 0.15) is 5.82 Å². The van der Waals surface area contributed by atoms with E-state index in [1.54, 1.807) is 12.1 Å². The highest BCUT2D eigenvalue weighted by atomic mass is 35.5. The van der Waals surface area contributed by atoms with Crippen LogP contribution in [0.3, 0.4) is 0 Å². The molecule has 0 unspecified atom stereocenters. The molecular weight excluding hydrogens is 225 g/mol. The van der Waals surface area contributed by atoms with Crippen molar-refractivity contribution in [2.24, 2.45) is 0 Å². The molecule has 1 aliphatic carbocycles. The van der Waals surface area contributed by atoms with Crippen molar-refractivity contribution in [2.75, 3.05) is 5.32 Å². The summed E-state index contributed by atoms with van der Waals surface area (Å²) in [5.74, 6) is -0.354. The Kier molecular flexibility index (Phi) is 4.05. The molecule has 0 bridgehead atoms. The van der Waals surface area contributed by atoms with Gasteiger partial charge in [-0.1, -0.05) is 37.3 Å². The topological polar surface area (TPSA) is 12.0 Å². The molecule has 0 aromatic heterocycles. The number of rotatable bonds is 2. The first-order valence-corrected chi connectivity index (χ1v) is 6.35. The van der Waals surface area contributed by atoms with E-state index in [9.17, 15) is 4.39 Å². The van der Waals surface area contributed by atoms with E-state index < -0.39 is 0 Å². The van der Waals surface area contributed by atoms with Gasteiger partial charge in [0, 0.05) is 11.7 Å². The Morgan fingerprint density at radius 1 is 1.12 bits per heavy atom. The van der Waals surface area contributed by atoms with Crippen LogP contribution in [0.4, 0.5) is 10.1 Å². The van der Waals surface area contributed by atoms with Crippen molar-refractivity contribution in [1.29, 1.82) is 0 Å². The van der Waals surface area contributed by atoms with Crippen LogP contribution in [0.5, 0.6) is 0 Å². The molecule has 0 spiro atoms. The average Bonchev–Trinajstić information content (AvgIpc) is 2.52. The zero-order valence-corrected chi connectivity index (χ0v) is 10.1. The number of benzene rings is 1. The standard InChI is InChI=1S/C13H17ClFN/c14-12-9-11(7-8-13(12)15)16-10-5-3-1-2-4-6-10/h7-10,16H,1-6H2. The number of halogens is 2. The highest BCUT2D eigenvalue weighted by Gasteiger charge is 2.12. The molecule has 1 saturated carbocycles. The lowest BCUT2D eigenvalue weighted by Crippen LogP contribution is -2.18. The van der Waals surface area contributed by atoms with Crippen LogP contribution in [-0.2, 0) is 0 Å². The highest BCUT2D eigenvalue weighted by Crippen LogP contribution is 2.24. The molecule has 0 atom stereocenters. The Morgan fingerprint density at radius 2 is 1.81 bits per heavy atom. The maximum Gasteiger partial charge on any atom is 0.141 e. The summed E-state index contributed by atoms with van der Waals surface area (Å²) in [6, 6.07) is 5.36. The monoisotopic (exact) mass is 241 g/mol. The minimum atomic E-state index is -0.354. The minimum Gasteiger partial charge on any atom is -0.382 e. The van der Waals surface area contributed by atoms with Gasteiger partial charge in [-0.2, -0.15) is 0 Å². The molecule has 0 amide bonds. The summed E-state index contributed by atoms with van der Waals surface area (Å²) in [6.07, 6.45) is 7.65. The molecule has 88 valence electrons. The molecular formula is C13H17ClFN. The van der Waals surface area contributed by atoms with E-state index >= 15 is 0 Å². The third-order valence-corrected chi connectivity index (χ3v) is 3.44. The van der Waals surface area contributed by atoms with Crippen LogP contribution < -0.4 is 5.32 Å². The highest BCUT2D eigenvalue weighted by molar-refractivity contribution is 6.31. The quantitative estimate of drug-likeness (QED) is 0.746. The first kappa shape index (κ1) is 11.7. The second-order valence-electron chi connectivity index (χ2n) is 4.46. The zero-order chi connectivity index (χ0) is 11.4. The molecule has 0 heterocycles. The largest absolute Gasteiger partial charge is 0.382 e. The smallest absolute Gasteiger partial charge is 0.141 e. The van der Waals surface area contributed by atoms with Crippen LogP contribution in [0.2, 0.25) is 5.02 Å². The van der Waals surface area contributed by atoms with Gasteiger partial charge in [-0.05, 0) is 31.0 Å². The van der Waals surface area contributed by atoms with Gasteiger partial charge >= 0.3 is 0 Å². The van der Waals surface area contributed by atoms with Crippen molar-refractivity contribution in [2.45, 2.75) is 44.6 Å². The van der Waals surface area contributed by atoms with Gasteiger partial charge in [0.15, 0.2) is 0 Å². The summed E-state index contributed by atoms with van der Waals surface area (Å²) in [5.41, 5.74) is 0.929. The van der Waals surface area contributed by atoms with Crippen LogP contribution >= 0.6 is 11.6 Å². The van der Waals surface area contributed by atoms with E-state index in [0.29, 0.717) is 6.04 Å². The van der Waals surface area contributed by atoms with Gasteiger partial charge in [0.05, 0.1) is 5.02 Å². The third-order valence-electron chi connectivity index (χ3n) is 3.15. The van der Waals surface area contributed by atoms with Crippen LogP contribution in [0.25, 0.3) is 0 Å². The van der Waals surface area contributed by atoms with Crippen molar-refractivity contribution >= 4 is 17.3 Å². The Bertz CT molecular complexity index is 346. The summed E-state index contributed by atoms with van der Waals surface area (Å²) in [5, 5.41) is 3.63. The summed E-state index contributed by atoms with van der Waals surface area (Å²) in [7, 11) is 0. The Labute approximate surface area is 101 Å². The lowest BCUT2D eigenvalue weighted by atomic mass is 10.1. The Morgan fingerprint density at radius 3 is 2.44 bits per heavy atom. The minimum absolute atomic E-state index is 0.193. The third kappa shape index (κ3) is 3.11. The van der Waals surface area contributed by atoms with Crippen molar-refractivity contribution < 1.29 is 4.39 Å². The normalized spacial score (nSPS) is 18.1. The van der Waals surface area contributed by atoms with Crippen LogP contribution in [-0.4, -0.2) is 6.04 Å². The molecule has 0 aliphatic heterocycles. The summed E-state index contributed by atoms with van der Waals surface area (Å²) in [4.78, 5) is 0. The van der Waals surface area contributed by atoms with E-state index in [-0.39, 0.29) is 10.8 Å². The molecule has 2 rings (SSSR count). The first-order valence-electron chi connectivity index (χ1n) is 5.97. The Balaban J connectivity index is 1.99. The SMILES string of the molecule is Fc1ccc(NC2CCCCCC2)cc1Cl. The molecule has 3 heteroatoms. The second kappa shape index (κ2) is 5.53. The number of nitrogens with one attached hydrogen (secondary N) is 1. The van der Waals surface area contributed by atoms with Crippen molar-refractivity contribution in [3.63, 3.8) is 0 Å². The van der Waals surface area contributed by atoms with Crippen LogP contribution in [0.15, 0.2) is 18.2 Å². The van der Waals surface area contributed by atoms with E-state index in [2.05, 4.69) is 5.32 Å². The number of anilines is 1. The van der Waals surface area contributed by atoms with E-state index in [1.165, 1.54) is 44.6 Å². The van der Waals surface area contributed by atoms with Gasteiger partial charge in [-0.15, -0.1) is 0 Å². The molecule has 0 radical (unpaired) electrons. The maximum atomic E-state index is 13.0. The maximum absolute atomic E-state index is 13.0. The van der Waals surface area contributed by atoms with Crippen molar-refractivity contribution in [3.8, 4) is 0 Å². The fourth-order valence-electron chi connectivity index (χ4n) is 2.25. The zero-order valence-electron chi connectivity index (χ0n) is 9.31. The molecule has 1 fully saturated rings. The molecule has 1 aromatic rings. The van der Waals surface area contributed by atoms with Gasteiger partial charge in [0.2, 0.25) is 0 Å². The van der Waals surface area contributed by atoms with E-state index in [1.807, 2.05) is 0 Å². The van der Waals surface area contributed by atoms with Crippen LogP contribution in [0.1, 0.15) is 38.5 Å². The predicted molar refractivity (Wildman–Crippen MR) is 66.5 cm³/mol. The number of hydrogen-bond acceptors (Lipinski definition) is 1. The first-order chi connectivity index (χ1) is 7.75. The summed E-state index contributed by atoms with van der Waals surface area (Å²) < 4.78 is 13.0. The van der Waals surface area contributed by atoms with Gasteiger partial charge in [-0.3, -0.25) is 0 Å². The molecule has 1 aliphatic rings. The van der Waals surface area contributed by atoms with E-state index in [0.717, 1.165) is 5.69 Å². The molecule has 1 nitrogen and oxygen atoms in total. The molecule has 16 heavy (non-hydrogen) atoms. The van der Waals surface area contributed by atoms with Gasteiger partial charge < -0.3 is 5.32 Å². The van der Waals surface area contributed by atoms with Gasteiger partial charge in [-0.25, -0.2) is 4.39 Å². The average molecular weight is 242 g/mol. The van der Waals surface area contributed by atoms with Crippen LogP contribution in [0, 0.1) is 5.82 Å². The molecule has 0 saturated heterocycles.